The van der Waals surface area contributed by atoms with Gasteiger partial charge >= 0.3 is 5.97 Å². The fraction of sp³-hybridized carbons (Fsp3) is 0.700. The quantitative estimate of drug-likeness (QED) is 0.482. The van der Waals surface area contributed by atoms with Gasteiger partial charge in [0.15, 0.2) is 0 Å². The highest BCUT2D eigenvalue weighted by Gasteiger charge is 2.31. The highest BCUT2D eigenvalue weighted by Crippen LogP contribution is 2.17. The molecule has 0 saturated heterocycles. The van der Waals surface area contributed by atoms with Gasteiger partial charge in [0, 0.05) is 0 Å². The third-order valence-corrected chi connectivity index (χ3v) is 2.24. The van der Waals surface area contributed by atoms with Crippen molar-refractivity contribution in [3.05, 3.63) is 0 Å². The van der Waals surface area contributed by atoms with Gasteiger partial charge in [-0.25, -0.2) is 4.79 Å². The summed E-state index contributed by atoms with van der Waals surface area (Å²) in [6, 6.07) is -2.20. The van der Waals surface area contributed by atoms with E-state index in [2.05, 4.69) is 5.32 Å². The second-order valence-corrected chi connectivity index (χ2v) is 4.91. The Balaban J connectivity index is 4.62. The molecule has 0 aromatic heterocycles. The minimum absolute atomic E-state index is 0.460. The van der Waals surface area contributed by atoms with Gasteiger partial charge in [0.1, 0.15) is 6.04 Å². The van der Waals surface area contributed by atoms with Crippen LogP contribution in [-0.4, -0.2) is 35.0 Å². The Labute approximate surface area is 99.5 Å². The van der Waals surface area contributed by atoms with E-state index in [0.717, 1.165) is 0 Å². The molecule has 6 N–H and O–H groups in total. The number of nitrogens with one attached hydrogen (secondary N) is 1. The zero-order chi connectivity index (χ0) is 13.8. The molecule has 0 unspecified atom stereocenters. The predicted molar refractivity (Wildman–Crippen MR) is 60.8 cm³/mol. The van der Waals surface area contributed by atoms with E-state index in [1.807, 2.05) is 0 Å². The molecule has 17 heavy (non-hydrogen) atoms. The number of hydrogen-bond acceptors (Lipinski definition) is 4. The Morgan fingerprint density at radius 1 is 1.29 bits per heavy atom. The van der Waals surface area contributed by atoms with Crippen LogP contribution in [0, 0.1) is 5.41 Å². The minimum atomic E-state index is -1.34. The Kier molecular flexibility index (Phi) is 5.09. The van der Waals surface area contributed by atoms with E-state index in [1.54, 1.807) is 20.8 Å². The summed E-state index contributed by atoms with van der Waals surface area (Å²) in [5.74, 6) is -2.74. The van der Waals surface area contributed by atoms with Crippen molar-refractivity contribution in [1.82, 2.24) is 5.32 Å². The van der Waals surface area contributed by atoms with Crippen molar-refractivity contribution in [3.63, 3.8) is 0 Å². The Hall–Kier alpha value is -1.63. The lowest BCUT2D eigenvalue weighted by Gasteiger charge is -2.27. The zero-order valence-electron chi connectivity index (χ0n) is 10.2. The molecule has 0 aliphatic carbocycles. The van der Waals surface area contributed by atoms with Crippen molar-refractivity contribution in [2.45, 2.75) is 39.3 Å². The molecule has 0 aliphatic rings. The van der Waals surface area contributed by atoms with Crippen molar-refractivity contribution in [3.8, 4) is 0 Å². The van der Waals surface area contributed by atoms with Gasteiger partial charge < -0.3 is 21.9 Å². The first kappa shape index (κ1) is 15.4. The molecule has 98 valence electrons. The maximum Gasteiger partial charge on any atom is 0.326 e. The lowest BCUT2D eigenvalue weighted by Crippen LogP contribution is -2.53. The van der Waals surface area contributed by atoms with Gasteiger partial charge in [-0.2, -0.15) is 0 Å². The molecular weight excluding hydrogens is 226 g/mol. The van der Waals surface area contributed by atoms with Crippen molar-refractivity contribution < 1.29 is 19.5 Å². The van der Waals surface area contributed by atoms with Crippen molar-refractivity contribution in [1.29, 1.82) is 0 Å². The molecule has 7 nitrogen and oxygen atoms in total. The second-order valence-electron chi connectivity index (χ2n) is 4.91. The number of primary amides is 1. The lowest BCUT2D eigenvalue weighted by molar-refractivity contribution is -0.143. The van der Waals surface area contributed by atoms with Gasteiger partial charge in [-0.15, -0.1) is 0 Å². The van der Waals surface area contributed by atoms with Gasteiger partial charge in [0.25, 0.3) is 0 Å². The first-order valence-corrected chi connectivity index (χ1v) is 5.12. The first-order valence-electron chi connectivity index (χ1n) is 5.12. The van der Waals surface area contributed by atoms with Gasteiger partial charge in [0.05, 0.1) is 12.5 Å². The van der Waals surface area contributed by atoms with E-state index in [-0.39, 0.29) is 0 Å². The average molecular weight is 245 g/mol. The summed E-state index contributed by atoms with van der Waals surface area (Å²) in [6.07, 6.45) is -0.460. The van der Waals surface area contributed by atoms with Crippen LogP contribution in [-0.2, 0) is 14.4 Å². The molecule has 0 radical (unpaired) electrons. The van der Waals surface area contributed by atoms with E-state index in [9.17, 15) is 14.4 Å². The van der Waals surface area contributed by atoms with Crippen molar-refractivity contribution in [2.24, 2.45) is 16.9 Å². The number of carboxylic acid groups (broad SMARTS) is 1. The average Bonchev–Trinajstić information content (AvgIpc) is 2.13. The molecule has 0 fully saturated rings. The smallest absolute Gasteiger partial charge is 0.326 e. The first-order chi connectivity index (χ1) is 7.55. The molecule has 0 aromatic rings. The molecule has 2 atom stereocenters. The predicted octanol–water partition coefficient (Wildman–Crippen LogP) is -1.20. The van der Waals surface area contributed by atoms with E-state index >= 15 is 0 Å². The minimum Gasteiger partial charge on any atom is -0.480 e. The monoisotopic (exact) mass is 245 g/mol. The third kappa shape index (κ3) is 5.30. The SMILES string of the molecule is CC(C)(C)[C@H](N)C(=O)N[C@@H](CC(N)=O)C(=O)O. The van der Waals surface area contributed by atoms with Crippen LogP contribution in [0.2, 0.25) is 0 Å². The fourth-order valence-corrected chi connectivity index (χ4v) is 1.06. The molecule has 7 heteroatoms. The van der Waals surface area contributed by atoms with Crippen LogP contribution in [0.3, 0.4) is 0 Å². The van der Waals surface area contributed by atoms with Crippen LogP contribution in [0.15, 0.2) is 0 Å². The Bertz CT molecular complexity index is 322. The molecule has 0 saturated carbocycles. The molecule has 0 heterocycles. The van der Waals surface area contributed by atoms with Crippen LogP contribution >= 0.6 is 0 Å². The normalized spacial score (nSPS) is 14.8. The molecule has 0 aliphatic heterocycles. The fourth-order valence-electron chi connectivity index (χ4n) is 1.06. The summed E-state index contributed by atoms with van der Waals surface area (Å²) in [4.78, 5) is 33.1. The van der Waals surface area contributed by atoms with Crippen LogP contribution in [0.1, 0.15) is 27.2 Å². The lowest BCUT2D eigenvalue weighted by atomic mass is 9.87. The number of amides is 2. The third-order valence-electron chi connectivity index (χ3n) is 2.24. The van der Waals surface area contributed by atoms with Gasteiger partial charge in [-0.3, -0.25) is 9.59 Å². The van der Waals surface area contributed by atoms with E-state index in [0.29, 0.717) is 0 Å². The van der Waals surface area contributed by atoms with E-state index < -0.39 is 41.7 Å². The highest BCUT2D eigenvalue weighted by molar-refractivity contribution is 5.90. The summed E-state index contributed by atoms with van der Waals surface area (Å²) in [6.45, 7) is 5.25. The summed E-state index contributed by atoms with van der Waals surface area (Å²) in [5, 5.41) is 11.0. The number of aliphatic carboxylic acids is 1. The topological polar surface area (TPSA) is 136 Å². The summed E-state index contributed by atoms with van der Waals surface area (Å²) < 4.78 is 0. The Morgan fingerprint density at radius 3 is 2.06 bits per heavy atom. The highest BCUT2D eigenvalue weighted by atomic mass is 16.4. The summed E-state index contributed by atoms with van der Waals surface area (Å²) in [5.41, 5.74) is 10.0. The number of hydrogen-bond donors (Lipinski definition) is 4. The maximum atomic E-state index is 11.6. The van der Waals surface area contributed by atoms with Crippen LogP contribution in [0.5, 0.6) is 0 Å². The standard InChI is InChI=1S/C10H19N3O4/c1-10(2,3)7(12)8(15)13-5(9(16)17)4-6(11)14/h5,7H,4,12H2,1-3H3,(H2,11,14)(H,13,15)(H,16,17)/t5-,7+/m0/s1. The second kappa shape index (κ2) is 5.62. The van der Waals surface area contributed by atoms with Gasteiger partial charge in [-0.05, 0) is 5.41 Å². The van der Waals surface area contributed by atoms with E-state index in [4.69, 9.17) is 16.6 Å². The van der Waals surface area contributed by atoms with Crippen LogP contribution in [0.25, 0.3) is 0 Å². The molecular formula is C10H19N3O4. The van der Waals surface area contributed by atoms with E-state index in [1.165, 1.54) is 0 Å². The van der Waals surface area contributed by atoms with Crippen LogP contribution in [0.4, 0.5) is 0 Å². The molecule has 0 spiro atoms. The number of carbonyl (C=O) groups is 3. The number of carboxylic acids is 1. The van der Waals surface area contributed by atoms with Crippen molar-refractivity contribution in [2.75, 3.05) is 0 Å². The number of rotatable bonds is 5. The van der Waals surface area contributed by atoms with Crippen molar-refractivity contribution >= 4 is 17.8 Å². The summed E-state index contributed by atoms with van der Waals surface area (Å²) in [7, 11) is 0. The molecule has 0 rings (SSSR count). The largest absolute Gasteiger partial charge is 0.480 e. The molecule has 0 bridgehead atoms. The Morgan fingerprint density at radius 2 is 1.76 bits per heavy atom. The zero-order valence-corrected chi connectivity index (χ0v) is 10.2. The van der Waals surface area contributed by atoms with Gasteiger partial charge in [-0.1, -0.05) is 20.8 Å². The number of carbonyl (C=O) groups excluding carboxylic acids is 2. The molecule has 2 amide bonds. The van der Waals surface area contributed by atoms with Gasteiger partial charge in [0.2, 0.25) is 11.8 Å². The van der Waals surface area contributed by atoms with Crippen LogP contribution < -0.4 is 16.8 Å². The number of nitrogens with two attached hydrogens (primary N) is 2. The molecule has 0 aromatic carbocycles. The maximum absolute atomic E-state index is 11.6. The summed E-state index contributed by atoms with van der Waals surface area (Å²) >= 11 is 0.